The van der Waals surface area contributed by atoms with E-state index in [-0.39, 0.29) is 0 Å². The summed E-state index contributed by atoms with van der Waals surface area (Å²) in [5, 5.41) is 9.36. The van der Waals surface area contributed by atoms with Crippen molar-refractivity contribution < 1.29 is 4.42 Å². The van der Waals surface area contributed by atoms with E-state index in [9.17, 15) is 0 Å². The summed E-state index contributed by atoms with van der Waals surface area (Å²) in [5.41, 5.74) is 19.9. The molecule has 6 heterocycles. The Balaban J connectivity index is 0.726. The van der Waals surface area contributed by atoms with Crippen molar-refractivity contribution >= 4 is 116 Å². The van der Waals surface area contributed by atoms with Crippen LogP contribution < -0.4 is 0 Å². The van der Waals surface area contributed by atoms with Crippen LogP contribution in [-0.2, 0) is 0 Å². The van der Waals surface area contributed by atoms with Crippen LogP contribution in [0.2, 0.25) is 0 Å². The van der Waals surface area contributed by atoms with E-state index in [4.69, 9.17) is 34.3 Å². The Morgan fingerprint density at radius 2 is 0.557 bits per heavy atom. The van der Waals surface area contributed by atoms with E-state index >= 15 is 0 Å². The van der Waals surface area contributed by atoms with Gasteiger partial charge in [-0.25, -0.2) is 29.9 Å². The largest absolute Gasteiger partial charge is 0.455 e. The van der Waals surface area contributed by atoms with Crippen LogP contribution in [0.25, 0.3) is 218 Å². The summed E-state index contributed by atoms with van der Waals surface area (Å²) in [7, 11) is 0. The first-order chi connectivity index (χ1) is 52.5. The standard InChI is InChI=1S/C96H56N6OS3/c1-3-23-57(24-4-1)66-33-7-8-37-76(66)93-97-92(65-32-19-29-61(55-65)68-39-20-41-73-70-34-9-13-45-82(70)103-87(68)73)100-96(101-93)80-52-51-67(86-78-38-12-16-48-85(78)106-90(80)86)63-49-50-77(81(56-63)58-25-5-2-6-26-58)94-98-91(99-95(102-94)79-44-22-43-75-72-36-11-15-47-84(72)105-89(75)79)64-31-18-28-60(54-64)59-27-17-30-62(53-59)69-40-21-42-74-71-35-10-14-46-83(71)104-88(69)74/h1-56H. The lowest BCUT2D eigenvalue weighted by Gasteiger charge is -2.16. The van der Waals surface area contributed by atoms with E-state index < -0.39 is 0 Å². The molecule has 15 aromatic carbocycles. The zero-order valence-corrected chi connectivity index (χ0v) is 59.1. The van der Waals surface area contributed by atoms with Gasteiger partial charge in [0.05, 0.1) is 0 Å². The van der Waals surface area contributed by atoms with Crippen molar-refractivity contribution in [3.8, 4) is 135 Å². The molecule has 0 aliphatic heterocycles. The Kier molecular flexibility index (Phi) is 14.7. The Bertz CT molecular complexity index is 7110. The van der Waals surface area contributed by atoms with Crippen molar-refractivity contribution in [2.75, 3.05) is 0 Å². The van der Waals surface area contributed by atoms with E-state index in [0.717, 1.165) is 136 Å². The second kappa shape index (κ2) is 25.3. The van der Waals surface area contributed by atoms with Crippen LogP contribution in [0.1, 0.15) is 0 Å². The zero-order valence-electron chi connectivity index (χ0n) is 56.6. The Labute approximate surface area is 621 Å². The minimum absolute atomic E-state index is 0.559. The highest BCUT2D eigenvalue weighted by Gasteiger charge is 2.25. The Morgan fingerprint density at radius 1 is 0.189 bits per heavy atom. The summed E-state index contributed by atoms with van der Waals surface area (Å²) >= 11 is 5.39. The molecule has 494 valence electrons. The summed E-state index contributed by atoms with van der Waals surface area (Å²) in [6, 6.07) is 121. The molecule has 7 nitrogen and oxygen atoms in total. The first-order valence-corrected chi connectivity index (χ1v) is 37.8. The van der Waals surface area contributed by atoms with Crippen molar-refractivity contribution in [3.63, 3.8) is 0 Å². The van der Waals surface area contributed by atoms with E-state index in [1.165, 1.54) is 46.8 Å². The summed E-state index contributed by atoms with van der Waals surface area (Å²) in [6.45, 7) is 0. The molecule has 10 heteroatoms. The van der Waals surface area contributed by atoms with Crippen LogP contribution in [0, 0.1) is 0 Å². The average molecular weight is 1410 g/mol. The molecule has 0 aliphatic carbocycles. The number of nitrogens with zero attached hydrogens (tertiary/aromatic N) is 6. The molecule has 0 saturated carbocycles. The lowest BCUT2D eigenvalue weighted by Crippen LogP contribution is -2.02. The minimum Gasteiger partial charge on any atom is -0.455 e. The van der Waals surface area contributed by atoms with Gasteiger partial charge in [-0.3, -0.25) is 0 Å². The molecule has 0 aliphatic rings. The van der Waals surface area contributed by atoms with Crippen LogP contribution in [0.5, 0.6) is 0 Å². The fourth-order valence-corrected chi connectivity index (χ4v) is 19.1. The van der Waals surface area contributed by atoms with Crippen molar-refractivity contribution in [3.05, 3.63) is 340 Å². The molecular formula is C96H56N6OS3. The van der Waals surface area contributed by atoms with Crippen molar-refractivity contribution in [1.29, 1.82) is 0 Å². The molecule has 6 aromatic heterocycles. The molecule has 0 radical (unpaired) electrons. The number of rotatable bonds is 12. The summed E-state index contributed by atoms with van der Waals surface area (Å²) in [4.78, 5) is 33.2. The quantitative estimate of drug-likeness (QED) is 0.120. The molecule has 0 spiro atoms. The lowest BCUT2D eigenvalue weighted by molar-refractivity contribution is 0.670. The third kappa shape index (κ3) is 10.5. The minimum atomic E-state index is 0.559. The number of benzene rings is 15. The van der Waals surface area contributed by atoms with Gasteiger partial charge >= 0.3 is 0 Å². The van der Waals surface area contributed by atoms with Crippen LogP contribution in [0.3, 0.4) is 0 Å². The van der Waals surface area contributed by atoms with E-state index in [2.05, 4.69) is 322 Å². The molecule has 0 fully saturated rings. The number of para-hydroxylation sites is 2. The fourth-order valence-electron chi connectivity index (χ4n) is 15.4. The smallest absolute Gasteiger partial charge is 0.165 e. The zero-order chi connectivity index (χ0) is 69.8. The monoisotopic (exact) mass is 1400 g/mol. The predicted octanol–water partition coefficient (Wildman–Crippen LogP) is 27.1. The van der Waals surface area contributed by atoms with Crippen molar-refractivity contribution in [2.45, 2.75) is 0 Å². The topological polar surface area (TPSA) is 90.5 Å². The van der Waals surface area contributed by atoms with Gasteiger partial charge in [-0.15, -0.1) is 34.0 Å². The summed E-state index contributed by atoms with van der Waals surface area (Å²) in [5.74, 6) is 3.46. The Hall–Kier alpha value is -13.2. The molecule has 106 heavy (non-hydrogen) atoms. The maximum atomic E-state index is 6.61. The Morgan fingerprint density at radius 3 is 1.21 bits per heavy atom. The second-order valence-electron chi connectivity index (χ2n) is 26.7. The number of hydrogen-bond donors (Lipinski definition) is 0. The van der Waals surface area contributed by atoms with Gasteiger partial charge in [0.25, 0.3) is 0 Å². The van der Waals surface area contributed by atoms with E-state index in [1.807, 2.05) is 29.5 Å². The first-order valence-electron chi connectivity index (χ1n) is 35.4. The molecule has 0 unspecified atom stereocenters. The summed E-state index contributed by atoms with van der Waals surface area (Å²) in [6.07, 6.45) is 0. The normalized spacial score (nSPS) is 11.8. The molecule has 21 rings (SSSR count). The second-order valence-corrected chi connectivity index (χ2v) is 29.9. The molecule has 0 saturated heterocycles. The maximum Gasteiger partial charge on any atom is 0.165 e. The highest BCUT2D eigenvalue weighted by molar-refractivity contribution is 7.27. The third-order valence-electron chi connectivity index (χ3n) is 20.5. The number of hydrogen-bond acceptors (Lipinski definition) is 10. The number of thiophene rings is 3. The summed E-state index contributed by atoms with van der Waals surface area (Å²) < 4.78 is 13.7. The number of aromatic nitrogens is 6. The van der Waals surface area contributed by atoms with Gasteiger partial charge in [0.15, 0.2) is 34.9 Å². The molecule has 0 amide bonds. The van der Waals surface area contributed by atoms with Crippen LogP contribution >= 0.6 is 34.0 Å². The molecule has 0 bridgehead atoms. The van der Waals surface area contributed by atoms with Gasteiger partial charge in [-0.05, 0) is 128 Å². The van der Waals surface area contributed by atoms with Gasteiger partial charge in [0.2, 0.25) is 0 Å². The van der Waals surface area contributed by atoms with Gasteiger partial charge < -0.3 is 4.42 Å². The predicted molar refractivity (Wildman–Crippen MR) is 444 cm³/mol. The van der Waals surface area contributed by atoms with Gasteiger partial charge in [0.1, 0.15) is 11.2 Å². The van der Waals surface area contributed by atoms with E-state index in [1.54, 1.807) is 22.7 Å². The van der Waals surface area contributed by atoms with Crippen LogP contribution in [0.15, 0.2) is 344 Å². The highest BCUT2D eigenvalue weighted by Crippen LogP contribution is 2.49. The van der Waals surface area contributed by atoms with Gasteiger partial charge in [0, 0.05) is 110 Å². The molecular weight excluding hydrogens is 1350 g/mol. The van der Waals surface area contributed by atoms with Crippen molar-refractivity contribution in [1.82, 2.24) is 29.9 Å². The SMILES string of the molecule is c1ccc(-c2cc(-c3ccc(-c4nc(-c5cccc(-c6cccc7c6oc6ccccc67)c5)nc(-c5ccccc5-c5ccccc5)n4)c4sc5ccccc5c34)ccc2-c2nc(-c3cccc(-c4cccc(-c5cccc6c5sc5ccccc56)c4)c3)nc(-c3cccc4c3sc3ccccc34)n2)cc1. The number of fused-ring (bicyclic) bond motifs is 12. The van der Waals surface area contributed by atoms with Crippen molar-refractivity contribution in [2.24, 2.45) is 0 Å². The average Bonchev–Trinajstić information content (AvgIpc) is 1.51. The highest BCUT2D eigenvalue weighted by atomic mass is 32.1. The van der Waals surface area contributed by atoms with Gasteiger partial charge in [-0.2, -0.15) is 0 Å². The number of furan rings is 1. The molecule has 21 aromatic rings. The van der Waals surface area contributed by atoms with E-state index in [0.29, 0.717) is 34.9 Å². The first kappa shape index (κ1) is 61.4. The van der Waals surface area contributed by atoms with Crippen LogP contribution in [-0.4, -0.2) is 29.9 Å². The third-order valence-corrected chi connectivity index (χ3v) is 24.1. The maximum absolute atomic E-state index is 6.61. The molecule has 0 N–H and O–H groups in total. The fraction of sp³-hybridized carbons (Fsp3) is 0. The molecule has 0 atom stereocenters. The van der Waals surface area contributed by atoms with Crippen LogP contribution in [0.4, 0.5) is 0 Å². The van der Waals surface area contributed by atoms with Gasteiger partial charge in [-0.1, -0.05) is 273 Å². The lowest BCUT2D eigenvalue weighted by atomic mass is 9.91.